The van der Waals surface area contributed by atoms with E-state index in [1.807, 2.05) is 24.3 Å². The van der Waals surface area contributed by atoms with Crippen molar-refractivity contribution in [3.05, 3.63) is 35.5 Å². The number of aromatic nitrogens is 2. The van der Waals surface area contributed by atoms with E-state index in [2.05, 4.69) is 29.1 Å². The molecule has 0 amide bonds. The lowest BCUT2D eigenvalue weighted by Gasteiger charge is -2.33. The van der Waals surface area contributed by atoms with Gasteiger partial charge in [-0.3, -0.25) is 4.79 Å². The number of ether oxygens (including phenoxy) is 1. The molecule has 1 saturated heterocycles. The van der Waals surface area contributed by atoms with Crippen molar-refractivity contribution in [1.29, 1.82) is 0 Å². The maximum atomic E-state index is 12.8. The maximum Gasteiger partial charge on any atom is 0.227 e. The summed E-state index contributed by atoms with van der Waals surface area (Å²) < 4.78 is 5.23. The summed E-state index contributed by atoms with van der Waals surface area (Å²) in [5.41, 5.74) is 2.38. The number of hydrogen-bond acceptors (Lipinski definition) is 7. The predicted molar refractivity (Wildman–Crippen MR) is 110 cm³/mol. The zero-order valence-electron chi connectivity index (χ0n) is 16.7. The Morgan fingerprint density at radius 3 is 2.46 bits per heavy atom. The molecule has 1 aliphatic heterocycles. The van der Waals surface area contributed by atoms with Crippen LogP contribution in [0.5, 0.6) is 5.75 Å². The number of anilines is 3. The molecule has 0 saturated carbocycles. The quantitative estimate of drug-likeness (QED) is 0.873. The van der Waals surface area contributed by atoms with Crippen LogP contribution in [0.25, 0.3) is 0 Å². The minimum Gasteiger partial charge on any atom is -0.497 e. The summed E-state index contributed by atoms with van der Waals surface area (Å²) in [5.74, 6) is 2.54. The zero-order chi connectivity index (χ0) is 19.7. The Bertz CT molecular complexity index is 860. The number of hydrogen-bond donors (Lipinski definition) is 1. The molecule has 0 bridgehead atoms. The number of rotatable bonds is 4. The van der Waals surface area contributed by atoms with Crippen molar-refractivity contribution in [3.8, 4) is 5.75 Å². The number of carbonyl (C=O) groups is 1. The van der Waals surface area contributed by atoms with Gasteiger partial charge in [0.2, 0.25) is 5.95 Å². The lowest BCUT2D eigenvalue weighted by atomic mass is 9.87. The number of Topliss-reactive ketones (excluding diaryl/α,β-unsaturated/α-hetero) is 1. The van der Waals surface area contributed by atoms with Crippen LogP contribution in [0.2, 0.25) is 0 Å². The molecule has 2 aromatic rings. The Labute approximate surface area is 165 Å². The molecule has 7 nitrogen and oxygen atoms in total. The van der Waals surface area contributed by atoms with E-state index in [1.165, 1.54) is 0 Å². The molecule has 1 atom stereocenters. The standard InChI is InChI=1S/C21H27N5O2/c1-14-12-17-19(18(27)13-14)20(22-15-4-6-16(28-3)7-5-15)24-21(23-17)26-10-8-25(2)9-11-26/h4-7,14H,8-13H2,1-3H3,(H,22,23,24). The van der Waals surface area contributed by atoms with Crippen molar-refractivity contribution < 1.29 is 9.53 Å². The molecule has 148 valence electrons. The van der Waals surface area contributed by atoms with Crippen molar-refractivity contribution in [2.75, 3.05) is 50.6 Å². The first kappa shape index (κ1) is 18.7. The van der Waals surface area contributed by atoms with Crippen LogP contribution >= 0.6 is 0 Å². The molecular weight excluding hydrogens is 354 g/mol. The highest BCUT2D eigenvalue weighted by atomic mass is 16.5. The van der Waals surface area contributed by atoms with Gasteiger partial charge in [0.15, 0.2) is 5.78 Å². The van der Waals surface area contributed by atoms with Crippen LogP contribution in [0, 0.1) is 5.92 Å². The molecule has 1 fully saturated rings. The average Bonchev–Trinajstić information content (AvgIpc) is 2.68. The molecule has 28 heavy (non-hydrogen) atoms. The van der Waals surface area contributed by atoms with E-state index >= 15 is 0 Å². The van der Waals surface area contributed by atoms with Gasteiger partial charge in [0.25, 0.3) is 0 Å². The third kappa shape index (κ3) is 3.80. The van der Waals surface area contributed by atoms with E-state index in [0.717, 1.165) is 49.7 Å². The Morgan fingerprint density at radius 1 is 1.07 bits per heavy atom. The van der Waals surface area contributed by atoms with Gasteiger partial charge < -0.3 is 19.9 Å². The summed E-state index contributed by atoms with van der Waals surface area (Å²) in [6.45, 7) is 5.85. The van der Waals surface area contributed by atoms with Gasteiger partial charge >= 0.3 is 0 Å². The highest BCUT2D eigenvalue weighted by molar-refractivity contribution is 6.03. The number of piperazine rings is 1. The van der Waals surface area contributed by atoms with E-state index < -0.39 is 0 Å². The van der Waals surface area contributed by atoms with E-state index in [4.69, 9.17) is 14.7 Å². The first-order valence-corrected chi connectivity index (χ1v) is 9.82. The molecule has 0 spiro atoms. The molecule has 1 aromatic carbocycles. The van der Waals surface area contributed by atoms with E-state index in [1.54, 1.807) is 7.11 Å². The van der Waals surface area contributed by atoms with Gasteiger partial charge in [-0.15, -0.1) is 0 Å². The Hall–Kier alpha value is -2.67. The van der Waals surface area contributed by atoms with Crippen LogP contribution < -0.4 is 15.0 Å². The summed E-state index contributed by atoms with van der Waals surface area (Å²) in [7, 11) is 3.77. The first-order chi connectivity index (χ1) is 13.5. The Kier molecular flexibility index (Phi) is 5.17. The third-order valence-electron chi connectivity index (χ3n) is 5.47. The summed E-state index contributed by atoms with van der Waals surface area (Å²) in [5, 5.41) is 3.35. The predicted octanol–water partition coefficient (Wildman–Crippen LogP) is 2.75. The molecule has 1 N–H and O–H groups in total. The number of fused-ring (bicyclic) bond motifs is 1. The number of ketones is 1. The van der Waals surface area contributed by atoms with Crippen molar-refractivity contribution >= 4 is 23.2 Å². The molecule has 1 unspecified atom stereocenters. The van der Waals surface area contributed by atoms with Gasteiger partial charge in [0.05, 0.1) is 18.4 Å². The van der Waals surface area contributed by atoms with Gasteiger partial charge in [-0.25, -0.2) is 4.98 Å². The fraction of sp³-hybridized carbons (Fsp3) is 0.476. The molecule has 2 aliphatic rings. The van der Waals surface area contributed by atoms with Crippen molar-refractivity contribution in [2.24, 2.45) is 5.92 Å². The fourth-order valence-corrected chi connectivity index (χ4v) is 3.81. The number of likely N-dealkylation sites (N-methyl/N-ethyl adjacent to an activating group) is 1. The first-order valence-electron chi connectivity index (χ1n) is 9.82. The van der Waals surface area contributed by atoms with E-state index in [0.29, 0.717) is 29.7 Å². The number of methoxy groups -OCH3 is 1. The number of benzene rings is 1. The maximum absolute atomic E-state index is 12.8. The van der Waals surface area contributed by atoms with Gasteiger partial charge in [0, 0.05) is 38.3 Å². The van der Waals surface area contributed by atoms with Crippen molar-refractivity contribution in [1.82, 2.24) is 14.9 Å². The second-order valence-electron chi connectivity index (χ2n) is 7.77. The van der Waals surface area contributed by atoms with Gasteiger partial charge in [0.1, 0.15) is 11.6 Å². The summed E-state index contributed by atoms with van der Waals surface area (Å²) in [4.78, 5) is 26.9. The fourth-order valence-electron chi connectivity index (χ4n) is 3.81. The Balaban J connectivity index is 1.70. The van der Waals surface area contributed by atoms with Gasteiger partial charge in [-0.05, 0) is 43.7 Å². The number of nitrogens with zero attached hydrogens (tertiary/aromatic N) is 4. The molecule has 1 aromatic heterocycles. The van der Waals surface area contributed by atoms with Crippen LogP contribution in [0.3, 0.4) is 0 Å². The smallest absolute Gasteiger partial charge is 0.227 e. The highest BCUT2D eigenvalue weighted by Gasteiger charge is 2.29. The van der Waals surface area contributed by atoms with E-state index in [9.17, 15) is 4.79 Å². The highest BCUT2D eigenvalue weighted by Crippen LogP contribution is 2.32. The second-order valence-corrected chi connectivity index (χ2v) is 7.77. The van der Waals surface area contributed by atoms with Crippen LogP contribution in [0.15, 0.2) is 24.3 Å². The van der Waals surface area contributed by atoms with Gasteiger partial charge in [-0.2, -0.15) is 4.98 Å². The minimum atomic E-state index is 0.120. The van der Waals surface area contributed by atoms with Crippen molar-refractivity contribution in [3.63, 3.8) is 0 Å². The number of carbonyl (C=O) groups excluding carboxylic acids is 1. The normalized spacial score (nSPS) is 20.0. The Morgan fingerprint density at radius 2 is 1.79 bits per heavy atom. The molecule has 1 aliphatic carbocycles. The van der Waals surface area contributed by atoms with Crippen LogP contribution in [-0.4, -0.2) is 61.0 Å². The summed E-state index contributed by atoms with van der Waals surface area (Å²) >= 11 is 0. The van der Waals surface area contributed by atoms with Crippen LogP contribution in [0.1, 0.15) is 29.4 Å². The van der Waals surface area contributed by atoms with Gasteiger partial charge in [-0.1, -0.05) is 6.92 Å². The molecule has 7 heteroatoms. The molecule has 0 radical (unpaired) electrons. The van der Waals surface area contributed by atoms with Crippen LogP contribution in [0.4, 0.5) is 17.5 Å². The third-order valence-corrected chi connectivity index (χ3v) is 5.47. The lowest BCUT2D eigenvalue weighted by molar-refractivity contribution is 0.0952. The zero-order valence-corrected chi connectivity index (χ0v) is 16.7. The molecule has 2 heterocycles. The SMILES string of the molecule is COc1ccc(Nc2nc(N3CCN(C)CC3)nc3c2C(=O)CC(C)C3)cc1. The molecule has 4 rings (SSSR count). The second kappa shape index (κ2) is 7.75. The monoisotopic (exact) mass is 381 g/mol. The largest absolute Gasteiger partial charge is 0.497 e. The number of nitrogens with one attached hydrogen (secondary N) is 1. The molecular formula is C21H27N5O2. The van der Waals surface area contributed by atoms with Crippen molar-refractivity contribution in [2.45, 2.75) is 19.8 Å². The topological polar surface area (TPSA) is 70.6 Å². The summed E-state index contributed by atoms with van der Waals surface area (Å²) in [6, 6.07) is 7.64. The lowest BCUT2D eigenvalue weighted by Crippen LogP contribution is -2.45. The van der Waals surface area contributed by atoms with Crippen LogP contribution in [-0.2, 0) is 6.42 Å². The average molecular weight is 381 g/mol. The summed E-state index contributed by atoms with van der Waals surface area (Å²) in [6.07, 6.45) is 1.35. The van der Waals surface area contributed by atoms with E-state index in [-0.39, 0.29) is 5.78 Å². The minimum absolute atomic E-state index is 0.120.